The first-order valence-corrected chi connectivity index (χ1v) is 18.1. The third-order valence-corrected chi connectivity index (χ3v) is 10.4. The number of likely N-dealkylation sites (tertiary alicyclic amines) is 2. The summed E-state index contributed by atoms with van der Waals surface area (Å²) in [6, 6.07) is 32.3. The smallest absolute Gasteiger partial charge is 0.407 e. The van der Waals surface area contributed by atoms with Crippen molar-refractivity contribution in [1.82, 2.24) is 35.1 Å². The van der Waals surface area contributed by atoms with E-state index in [9.17, 15) is 14.4 Å². The molecule has 2 aliphatic heterocycles. The number of hydrogen-bond donors (Lipinski definition) is 3. The highest BCUT2D eigenvalue weighted by Gasteiger charge is 2.37. The summed E-state index contributed by atoms with van der Waals surface area (Å²) in [7, 11) is 1.29. The second-order valence-corrected chi connectivity index (χ2v) is 13.7. The van der Waals surface area contributed by atoms with Gasteiger partial charge in [0.05, 0.1) is 42.3 Å². The minimum Gasteiger partial charge on any atom is -0.453 e. The summed E-state index contributed by atoms with van der Waals surface area (Å²) in [6.45, 7) is 1.29. The molecule has 53 heavy (non-hydrogen) atoms. The van der Waals surface area contributed by atoms with Crippen molar-refractivity contribution in [3.8, 4) is 22.4 Å². The van der Waals surface area contributed by atoms with Gasteiger partial charge in [-0.05, 0) is 66.1 Å². The van der Waals surface area contributed by atoms with Gasteiger partial charge in [0.25, 0.3) is 5.91 Å². The number of methoxy groups -OCH3 is 1. The molecule has 2 aliphatic rings. The van der Waals surface area contributed by atoms with Crippen LogP contribution < -0.4 is 5.32 Å². The number of benzene rings is 4. The molecule has 3 atom stereocenters. The Hall–Kier alpha value is -6.23. The van der Waals surface area contributed by atoms with Gasteiger partial charge in [0.2, 0.25) is 5.91 Å². The maximum Gasteiger partial charge on any atom is 0.407 e. The lowest BCUT2D eigenvalue weighted by Gasteiger charge is -2.28. The number of carbonyl (C=O) groups excluding carboxylic acids is 3. The average Bonchev–Trinajstić information content (AvgIpc) is 4.03. The predicted octanol–water partition coefficient (Wildman–Crippen LogP) is 7.29. The molecule has 2 aromatic heterocycles. The van der Waals surface area contributed by atoms with Crippen molar-refractivity contribution < 1.29 is 19.1 Å². The number of alkyl carbamates (subject to hydrolysis) is 1. The third-order valence-electron chi connectivity index (χ3n) is 10.4. The first kappa shape index (κ1) is 33.9. The maximum atomic E-state index is 14.0. The number of nitrogens with zero attached hydrogens (tertiary/aromatic N) is 4. The number of H-pyrrole nitrogens is 2. The van der Waals surface area contributed by atoms with Crippen LogP contribution in [-0.4, -0.2) is 67.8 Å². The first-order valence-electron chi connectivity index (χ1n) is 18.1. The molecule has 0 spiro atoms. The second-order valence-electron chi connectivity index (χ2n) is 13.7. The van der Waals surface area contributed by atoms with Crippen LogP contribution in [0.2, 0.25) is 0 Å². The van der Waals surface area contributed by atoms with E-state index in [-0.39, 0.29) is 23.9 Å². The number of aromatic amines is 2. The van der Waals surface area contributed by atoms with Gasteiger partial charge in [0.15, 0.2) is 0 Å². The van der Waals surface area contributed by atoms with E-state index in [4.69, 9.17) is 14.7 Å². The van der Waals surface area contributed by atoms with E-state index >= 15 is 0 Å². The van der Waals surface area contributed by atoms with Crippen molar-refractivity contribution in [1.29, 1.82) is 0 Å². The highest BCUT2D eigenvalue weighted by Crippen LogP contribution is 2.36. The maximum absolute atomic E-state index is 14.0. The first-order chi connectivity index (χ1) is 25.9. The molecule has 268 valence electrons. The van der Waals surface area contributed by atoms with E-state index in [2.05, 4.69) is 39.6 Å². The average molecular weight is 708 g/mol. The summed E-state index contributed by atoms with van der Waals surface area (Å²) in [4.78, 5) is 60.0. The summed E-state index contributed by atoms with van der Waals surface area (Å²) in [5.41, 5.74) is 7.24. The SMILES string of the molecule is COC(=O)N[C@@H](C(=O)N1CCC[C@H]1c1nc2ccc(-c3cccc(-c4c[nH]c([C@@H]5CCCN5C(=O)Cc5ccccc5)n4)c3)cc2[nH]1)c1ccccc1. The van der Waals surface area contributed by atoms with Crippen LogP contribution in [0.3, 0.4) is 0 Å². The molecule has 11 nitrogen and oxygen atoms in total. The number of ether oxygens (including phenoxy) is 1. The van der Waals surface area contributed by atoms with Crippen LogP contribution in [0.4, 0.5) is 4.79 Å². The summed E-state index contributed by atoms with van der Waals surface area (Å²) in [6.07, 6.45) is 5.05. The Kier molecular flexibility index (Phi) is 9.45. The lowest BCUT2D eigenvalue weighted by atomic mass is 10.0. The highest BCUT2D eigenvalue weighted by atomic mass is 16.5. The number of hydrogen-bond acceptors (Lipinski definition) is 6. The molecule has 0 saturated carbocycles. The Bertz CT molecular complexity index is 2250. The van der Waals surface area contributed by atoms with Crippen LogP contribution in [0.1, 0.15) is 66.6 Å². The van der Waals surface area contributed by atoms with Crippen LogP contribution in [0, 0.1) is 0 Å². The van der Waals surface area contributed by atoms with Crippen molar-refractivity contribution in [3.05, 3.63) is 132 Å². The summed E-state index contributed by atoms with van der Waals surface area (Å²) in [5, 5.41) is 2.72. The largest absolute Gasteiger partial charge is 0.453 e. The number of carbonyl (C=O) groups is 3. The lowest BCUT2D eigenvalue weighted by Crippen LogP contribution is -2.42. The molecule has 6 aromatic rings. The number of imidazole rings is 2. The van der Waals surface area contributed by atoms with Gasteiger partial charge in [-0.2, -0.15) is 0 Å². The summed E-state index contributed by atoms with van der Waals surface area (Å²) in [5.74, 6) is 1.44. The molecule has 0 bridgehead atoms. The lowest BCUT2D eigenvalue weighted by molar-refractivity contribution is -0.134. The topological polar surface area (TPSA) is 136 Å². The van der Waals surface area contributed by atoms with Gasteiger partial charge in [-0.25, -0.2) is 14.8 Å². The number of amides is 3. The molecular formula is C42H41N7O4. The van der Waals surface area contributed by atoms with Crippen molar-refractivity contribution in [3.63, 3.8) is 0 Å². The van der Waals surface area contributed by atoms with Crippen LogP contribution in [-0.2, 0) is 20.7 Å². The van der Waals surface area contributed by atoms with E-state index in [1.807, 2.05) is 90.0 Å². The Morgan fingerprint density at radius 1 is 0.792 bits per heavy atom. The zero-order chi connectivity index (χ0) is 36.3. The standard InChI is InChI=1S/C42H41N7O4/c1-53-42(52)47-38(28-13-6-3-7-14-28)41(51)49-22-10-18-36(49)40-44-32-20-19-30(25-33(32)45-40)29-15-8-16-31(24-29)34-26-43-39(46-34)35-17-9-21-48(35)37(50)23-27-11-4-2-5-12-27/h2-8,11-16,19-20,24-26,35-36,38H,9-10,17-18,21-23H2,1H3,(H,43,46)(H,44,45)(H,47,52)/t35-,36-,38+/m0/s1. The molecule has 2 fully saturated rings. The van der Waals surface area contributed by atoms with Crippen molar-refractivity contribution in [2.45, 2.75) is 50.2 Å². The molecule has 8 rings (SSSR count). The van der Waals surface area contributed by atoms with Gasteiger partial charge in [0.1, 0.15) is 17.7 Å². The monoisotopic (exact) mass is 707 g/mol. The fourth-order valence-electron chi connectivity index (χ4n) is 7.69. The van der Waals surface area contributed by atoms with Gasteiger partial charge in [0, 0.05) is 24.8 Å². The van der Waals surface area contributed by atoms with Gasteiger partial charge >= 0.3 is 6.09 Å². The number of nitrogens with one attached hydrogen (secondary N) is 3. The molecule has 4 heterocycles. The van der Waals surface area contributed by atoms with Crippen molar-refractivity contribution in [2.24, 2.45) is 0 Å². The molecule has 3 N–H and O–H groups in total. The van der Waals surface area contributed by atoms with Gasteiger partial charge in [-0.1, -0.05) is 84.9 Å². The number of rotatable bonds is 9. The van der Waals surface area contributed by atoms with Gasteiger partial charge in [-0.15, -0.1) is 0 Å². The summed E-state index contributed by atoms with van der Waals surface area (Å²) < 4.78 is 4.84. The van der Waals surface area contributed by atoms with Gasteiger partial charge in [-0.3, -0.25) is 9.59 Å². The van der Waals surface area contributed by atoms with Crippen molar-refractivity contribution in [2.75, 3.05) is 20.2 Å². The number of aromatic nitrogens is 4. The molecule has 0 aliphatic carbocycles. The fourth-order valence-corrected chi connectivity index (χ4v) is 7.69. The minimum atomic E-state index is -0.877. The second kappa shape index (κ2) is 14.8. The Morgan fingerprint density at radius 2 is 1.49 bits per heavy atom. The van der Waals surface area contributed by atoms with E-state index in [0.717, 1.165) is 77.0 Å². The van der Waals surface area contributed by atoms with E-state index in [0.29, 0.717) is 24.4 Å². The molecule has 0 unspecified atom stereocenters. The van der Waals surface area contributed by atoms with Crippen LogP contribution in [0.15, 0.2) is 109 Å². The minimum absolute atomic E-state index is 0.0699. The number of fused-ring (bicyclic) bond motifs is 1. The molecule has 2 saturated heterocycles. The molecule has 4 aromatic carbocycles. The summed E-state index contributed by atoms with van der Waals surface area (Å²) >= 11 is 0. The van der Waals surface area contributed by atoms with Gasteiger partial charge < -0.3 is 29.8 Å². The molecule has 11 heteroatoms. The van der Waals surface area contributed by atoms with Crippen LogP contribution in [0.5, 0.6) is 0 Å². The highest BCUT2D eigenvalue weighted by molar-refractivity contribution is 5.88. The Morgan fingerprint density at radius 3 is 2.26 bits per heavy atom. The normalized spacial score (nSPS) is 17.6. The van der Waals surface area contributed by atoms with Crippen LogP contribution >= 0.6 is 0 Å². The van der Waals surface area contributed by atoms with Crippen molar-refractivity contribution >= 4 is 28.9 Å². The molecule has 0 radical (unpaired) electrons. The zero-order valence-corrected chi connectivity index (χ0v) is 29.5. The fraction of sp³-hybridized carbons (Fsp3) is 0.262. The third kappa shape index (κ3) is 7.02. The van der Waals surface area contributed by atoms with E-state index in [1.54, 1.807) is 4.90 Å². The molecule has 3 amide bonds. The Balaban J connectivity index is 1.00. The molecular weight excluding hydrogens is 667 g/mol. The van der Waals surface area contributed by atoms with E-state index < -0.39 is 12.1 Å². The Labute approximate surface area is 307 Å². The predicted molar refractivity (Wildman–Crippen MR) is 201 cm³/mol. The quantitative estimate of drug-likeness (QED) is 0.144. The van der Waals surface area contributed by atoms with E-state index in [1.165, 1.54) is 7.11 Å². The van der Waals surface area contributed by atoms with Crippen LogP contribution in [0.25, 0.3) is 33.4 Å². The zero-order valence-electron chi connectivity index (χ0n) is 29.5.